The number of thiophene rings is 1. The predicted molar refractivity (Wildman–Crippen MR) is 117 cm³/mol. The van der Waals surface area contributed by atoms with Gasteiger partial charge in [-0.25, -0.2) is 0 Å². The molecule has 154 valence electrons. The van der Waals surface area contributed by atoms with Crippen LogP contribution in [0.5, 0.6) is 0 Å². The zero-order valence-corrected chi connectivity index (χ0v) is 18.2. The van der Waals surface area contributed by atoms with Crippen LogP contribution in [0.3, 0.4) is 0 Å². The van der Waals surface area contributed by atoms with E-state index in [0.717, 1.165) is 57.6 Å². The molecule has 0 spiro atoms. The lowest BCUT2D eigenvalue weighted by atomic mass is 9.97. The lowest BCUT2D eigenvalue weighted by Gasteiger charge is -2.35. The first kappa shape index (κ1) is 22.2. The van der Waals surface area contributed by atoms with Crippen LogP contribution >= 0.6 is 11.3 Å². The van der Waals surface area contributed by atoms with Gasteiger partial charge in [0.25, 0.3) is 0 Å². The van der Waals surface area contributed by atoms with Gasteiger partial charge in [0, 0.05) is 31.2 Å². The molecule has 2 rings (SSSR count). The first-order valence-electron chi connectivity index (χ1n) is 10.6. The van der Waals surface area contributed by atoms with Crippen LogP contribution in [0.2, 0.25) is 0 Å². The third kappa shape index (κ3) is 8.20. The van der Waals surface area contributed by atoms with Gasteiger partial charge in [-0.1, -0.05) is 13.0 Å². The van der Waals surface area contributed by atoms with E-state index in [2.05, 4.69) is 46.9 Å². The number of rotatable bonds is 11. The van der Waals surface area contributed by atoms with Crippen molar-refractivity contribution in [3.05, 3.63) is 22.4 Å². The van der Waals surface area contributed by atoms with Crippen molar-refractivity contribution in [1.29, 1.82) is 0 Å². The molecule has 0 radical (unpaired) electrons. The molecule has 1 saturated heterocycles. The molecule has 0 saturated carbocycles. The lowest BCUT2D eigenvalue weighted by molar-refractivity contribution is 0.143. The van der Waals surface area contributed by atoms with Crippen LogP contribution in [0.4, 0.5) is 0 Å². The Balaban J connectivity index is 1.90. The fourth-order valence-corrected chi connectivity index (χ4v) is 4.26. The molecule has 0 bridgehead atoms. The molecule has 2 N–H and O–H groups in total. The number of likely N-dealkylation sites (tertiary alicyclic amines) is 1. The van der Waals surface area contributed by atoms with Crippen molar-refractivity contribution < 1.29 is 4.74 Å². The Morgan fingerprint density at radius 3 is 2.78 bits per heavy atom. The minimum absolute atomic E-state index is 0.394. The van der Waals surface area contributed by atoms with Gasteiger partial charge in [-0.15, -0.1) is 11.3 Å². The zero-order chi connectivity index (χ0) is 19.3. The standard InChI is InChI=1S/C21H38N4OS/c1-4-22-21(23-12-6-7-15-26-5-2)24-17-19(20-9-8-16-27-20)25-13-10-18(3)11-14-25/h8-9,16,18-19H,4-7,10-15,17H2,1-3H3,(H2,22,23,24). The topological polar surface area (TPSA) is 48.9 Å². The Hall–Kier alpha value is -1.11. The molecule has 6 heteroatoms. The van der Waals surface area contributed by atoms with E-state index in [4.69, 9.17) is 9.73 Å². The van der Waals surface area contributed by atoms with Crippen LogP contribution in [-0.2, 0) is 4.74 Å². The highest BCUT2D eigenvalue weighted by Crippen LogP contribution is 2.29. The summed E-state index contributed by atoms with van der Waals surface area (Å²) >= 11 is 1.85. The molecule has 0 aromatic carbocycles. The Labute approximate surface area is 169 Å². The second-order valence-electron chi connectivity index (χ2n) is 7.30. The van der Waals surface area contributed by atoms with E-state index in [1.807, 2.05) is 18.3 Å². The number of aliphatic imine (C=N–C) groups is 1. The summed E-state index contributed by atoms with van der Waals surface area (Å²) in [6.45, 7) is 13.2. The van der Waals surface area contributed by atoms with Gasteiger partial charge in [-0.3, -0.25) is 9.89 Å². The second kappa shape index (κ2) is 13.1. The first-order chi connectivity index (χ1) is 13.2. The number of unbranched alkanes of at least 4 members (excludes halogenated alkanes) is 1. The number of guanidine groups is 1. The number of nitrogens with one attached hydrogen (secondary N) is 2. The Kier molecular flexibility index (Phi) is 10.8. The van der Waals surface area contributed by atoms with Crippen LogP contribution in [0.25, 0.3) is 0 Å². The Morgan fingerprint density at radius 2 is 2.11 bits per heavy atom. The maximum Gasteiger partial charge on any atom is 0.191 e. The number of nitrogens with zero attached hydrogens (tertiary/aromatic N) is 2. The molecule has 0 aliphatic carbocycles. The summed E-state index contributed by atoms with van der Waals surface area (Å²) in [5, 5.41) is 9.05. The Morgan fingerprint density at radius 1 is 1.30 bits per heavy atom. The van der Waals surface area contributed by atoms with Gasteiger partial charge in [0.15, 0.2) is 5.96 Å². The van der Waals surface area contributed by atoms with Crippen molar-refractivity contribution in [2.75, 3.05) is 45.9 Å². The quantitative estimate of drug-likeness (QED) is 0.340. The van der Waals surface area contributed by atoms with Crippen molar-refractivity contribution >= 4 is 17.3 Å². The highest BCUT2D eigenvalue weighted by atomic mass is 32.1. The van der Waals surface area contributed by atoms with Gasteiger partial charge >= 0.3 is 0 Å². The van der Waals surface area contributed by atoms with Gasteiger partial charge in [0.05, 0.1) is 12.6 Å². The molecule has 1 atom stereocenters. The van der Waals surface area contributed by atoms with Crippen molar-refractivity contribution in [3.8, 4) is 0 Å². The summed E-state index contributed by atoms with van der Waals surface area (Å²) in [6, 6.07) is 4.81. The SMILES string of the molecule is CCNC(=NCC(c1cccs1)N1CCC(C)CC1)NCCCCOCC. The largest absolute Gasteiger partial charge is 0.382 e. The fraction of sp³-hybridized carbons (Fsp3) is 0.762. The molecule has 0 amide bonds. The molecule has 1 fully saturated rings. The van der Waals surface area contributed by atoms with Gasteiger partial charge in [0.2, 0.25) is 0 Å². The smallest absolute Gasteiger partial charge is 0.191 e. The van der Waals surface area contributed by atoms with Crippen LogP contribution in [0.1, 0.15) is 57.4 Å². The average Bonchev–Trinajstić information content (AvgIpc) is 3.20. The van der Waals surface area contributed by atoms with Crippen molar-refractivity contribution in [1.82, 2.24) is 15.5 Å². The fourth-order valence-electron chi connectivity index (χ4n) is 3.41. The van der Waals surface area contributed by atoms with Gasteiger partial charge in [-0.2, -0.15) is 0 Å². The summed E-state index contributed by atoms with van der Waals surface area (Å²) in [6.07, 6.45) is 4.78. The van der Waals surface area contributed by atoms with E-state index >= 15 is 0 Å². The minimum Gasteiger partial charge on any atom is -0.382 e. The maximum atomic E-state index is 5.41. The summed E-state index contributed by atoms with van der Waals surface area (Å²) < 4.78 is 5.41. The third-order valence-electron chi connectivity index (χ3n) is 5.11. The minimum atomic E-state index is 0.394. The lowest BCUT2D eigenvalue weighted by Crippen LogP contribution is -2.40. The average molecular weight is 395 g/mol. The number of hydrogen-bond donors (Lipinski definition) is 2. The summed E-state index contributed by atoms with van der Waals surface area (Å²) in [5.74, 6) is 1.78. The van der Waals surface area contributed by atoms with Gasteiger partial charge in [0.1, 0.15) is 0 Å². The highest BCUT2D eigenvalue weighted by Gasteiger charge is 2.25. The first-order valence-corrected chi connectivity index (χ1v) is 11.5. The normalized spacial score (nSPS) is 17.8. The van der Waals surface area contributed by atoms with Gasteiger partial charge < -0.3 is 15.4 Å². The molecule has 27 heavy (non-hydrogen) atoms. The van der Waals surface area contributed by atoms with E-state index in [-0.39, 0.29) is 0 Å². The van der Waals surface area contributed by atoms with Crippen LogP contribution in [0.15, 0.2) is 22.5 Å². The predicted octanol–water partition coefficient (Wildman–Crippen LogP) is 3.89. The maximum absolute atomic E-state index is 5.41. The van der Waals surface area contributed by atoms with E-state index in [1.54, 1.807) is 0 Å². The molecule has 1 aromatic heterocycles. The van der Waals surface area contributed by atoms with Crippen molar-refractivity contribution in [2.24, 2.45) is 10.9 Å². The summed E-state index contributed by atoms with van der Waals surface area (Å²) in [5.41, 5.74) is 0. The van der Waals surface area contributed by atoms with Crippen molar-refractivity contribution in [3.63, 3.8) is 0 Å². The molecule has 1 unspecified atom stereocenters. The molecule has 1 aliphatic rings. The molecule has 5 nitrogen and oxygen atoms in total. The monoisotopic (exact) mass is 394 g/mol. The summed E-state index contributed by atoms with van der Waals surface area (Å²) in [4.78, 5) is 8.98. The number of ether oxygens (including phenoxy) is 1. The van der Waals surface area contributed by atoms with Crippen molar-refractivity contribution in [2.45, 2.75) is 52.5 Å². The van der Waals surface area contributed by atoms with Crippen LogP contribution < -0.4 is 10.6 Å². The zero-order valence-electron chi connectivity index (χ0n) is 17.4. The van der Waals surface area contributed by atoms with Crippen LogP contribution in [-0.4, -0.2) is 56.8 Å². The molecule has 2 heterocycles. The van der Waals surface area contributed by atoms with E-state index < -0.39 is 0 Å². The van der Waals surface area contributed by atoms with E-state index in [1.165, 1.54) is 30.8 Å². The third-order valence-corrected chi connectivity index (χ3v) is 6.08. The Bertz CT molecular complexity index is 512. The van der Waals surface area contributed by atoms with Gasteiger partial charge in [-0.05, 0) is 70.0 Å². The van der Waals surface area contributed by atoms with E-state index in [0.29, 0.717) is 6.04 Å². The number of piperidine rings is 1. The molecule has 1 aliphatic heterocycles. The summed E-state index contributed by atoms with van der Waals surface area (Å²) in [7, 11) is 0. The highest BCUT2D eigenvalue weighted by molar-refractivity contribution is 7.10. The number of hydrogen-bond acceptors (Lipinski definition) is 4. The van der Waals surface area contributed by atoms with Crippen LogP contribution in [0, 0.1) is 5.92 Å². The second-order valence-corrected chi connectivity index (χ2v) is 8.28. The molecule has 1 aromatic rings. The molecular formula is C21H38N4OS. The van der Waals surface area contributed by atoms with E-state index in [9.17, 15) is 0 Å². The molecular weight excluding hydrogens is 356 g/mol.